The highest BCUT2D eigenvalue weighted by molar-refractivity contribution is 6.07. The molecule has 0 N–H and O–H groups in total. The molecule has 0 radical (unpaired) electrons. The van der Waals surface area contributed by atoms with Crippen molar-refractivity contribution in [2.24, 2.45) is 0 Å². The number of nitrogens with zero attached hydrogens (tertiary/aromatic N) is 6. The van der Waals surface area contributed by atoms with E-state index in [1.807, 2.05) is 55.5 Å². The summed E-state index contributed by atoms with van der Waals surface area (Å²) < 4.78 is 8.59. The van der Waals surface area contributed by atoms with Crippen molar-refractivity contribution >= 4 is 33.5 Å². The molecule has 1 aliphatic rings. The van der Waals surface area contributed by atoms with Crippen LogP contribution in [0.1, 0.15) is 36.0 Å². The number of carbonyl (C=O) groups excluding carboxylic acids is 1. The smallest absolute Gasteiger partial charge is 0.278 e. The molecule has 2 aromatic carbocycles. The highest BCUT2D eigenvalue weighted by atomic mass is 16.5. The summed E-state index contributed by atoms with van der Waals surface area (Å²) in [6, 6.07) is 15.3. The fourth-order valence-corrected chi connectivity index (χ4v) is 4.41. The molecule has 35 heavy (non-hydrogen) atoms. The van der Waals surface area contributed by atoms with Gasteiger partial charge in [-0.3, -0.25) is 14.2 Å². The molecule has 0 spiro atoms. The molecule has 5 aromatic rings. The molecule has 9 nitrogen and oxygen atoms in total. The summed E-state index contributed by atoms with van der Waals surface area (Å²) in [6.45, 7) is 2.12. The Bertz CT molecular complexity index is 1630. The van der Waals surface area contributed by atoms with Gasteiger partial charge in [0.2, 0.25) is 11.8 Å². The number of likely N-dealkylation sites (N-methyl/N-ethyl adjacent to an activating group) is 1. The van der Waals surface area contributed by atoms with Crippen LogP contribution in [0, 0.1) is 6.92 Å². The van der Waals surface area contributed by atoms with E-state index < -0.39 is 0 Å². The van der Waals surface area contributed by atoms with Crippen molar-refractivity contribution in [3.05, 3.63) is 82.5 Å². The van der Waals surface area contributed by atoms with Gasteiger partial charge in [-0.2, -0.15) is 4.98 Å². The lowest BCUT2D eigenvalue weighted by Gasteiger charge is -2.18. The fraction of sp³-hybridized carbons (Fsp3) is 0.269. The molecule has 0 atom stereocenters. The van der Waals surface area contributed by atoms with E-state index in [1.165, 1.54) is 10.9 Å². The van der Waals surface area contributed by atoms with Crippen LogP contribution in [0.15, 0.2) is 64.2 Å². The first kappa shape index (κ1) is 21.3. The van der Waals surface area contributed by atoms with Crippen LogP contribution in [0.3, 0.4) is 0 Å². The Hall–Kier alpha value is -4.27. The van der Waals surface area contributed by atoms with Crippen LogP contribution < -0.4 is 10.5 Å². The Morgan fingerprint density at radius 3 is 2.74 bits per heavy atom. The average molecular weight is 469 g/mol. The molecular formula is C26H24N6O3. The summed E-state index contributed by atoms with van der Waals surface area (Å²) in [6.07, 6.45) is 3.64. The number of aromatic nitrogens is 5. The molecule has 0 saturated heterocycles. The maximum absolute atomic E-state index is 13.7. The Labute approximate surface area is 200 Å². The van der Waals surface area contributed by atoms with E-state index >= 15 is 0 Å². The van der Waals surface area contributed by atoms with Crippen LogP contribution in [-0.2, 0) is 17.9 Å². The number of carbonyl (C=O) groups is 1. The third-order valence-electron chi connectivity index (χ3n) is 6.52. The van der Waals surface area contributed by atoms with Gasteiger partial charge >= 0.3 is 0 Å². The molecule has 3 heterocycles. The number of benzene rings is 2. The second-order valence-electron chi connectivity index (χ2n) is 9.09. The topological polar surface area (TPSA) is 99.0 Å². The van der Waals surface area contributed by atoms with Gasteiger partial charge in [0.25, 0.3) is 5.56 Å². The molecule has 1 fully saturated rings. The molecule has 1 saturated carbocycles. The van der Waals surface area contributed by atoms with Gasteiger partial charge in [-0.25, -0.2) is 4.98 Å². The number of anilines is 1. The summed E-state index contributed by atoms with van der Waals surface area (Å²) in [5, 5.41) is 4.88. The van der Waals surface area contributed by atoms with E-state index in [0.29, 0.717) is 28.7 Å². The zero-order chi connectivity index (χ0) is 24.1. The largest absolute Gasteiger partial charge is 0.337 e. The highest BCUT2D eigenvalue weighted by Gasteiger charge is 2.29. The number of hydrogen-bond acceptors (Lipinski definition) is 6. The van der Waals surface area contributed by atoms with Gasteiger partial charge in [-0.1, -0.05) is 35.0 Å². The zero-order valence-corrected chi connectivity index (χ0v) is 19.5. The quantitative estimate of drug-likeness (QED) is 0.377. The van der Waals surface area contributed by atoms with Gasteiger partial charge in [0, 0.05) is 24.0 Å². The van der Waals surface area contributed by atoms with Crippen LogP contribution in [0.4, 0.5) is 5.69 Å². The number of fused-ring (bicyclic) bond motifs is 3. The molecular weight excluding hydrogens is 444 g/mol. The maximum Gasteiger partial charge on any atom is 0.278 e. The van der Waals surface area contributed by atoms with Gasteiger partial charge in [0.05, 0.1) is 11.8 Å². The third-order valence-corrected chi connectivity index (χ3v) is 6.52. The first-order valence-electron chi connectivity index (χ1n) is 11.6. The Balaban J connectivity index is 1.44. The van der Waals surface area contributed by atoms with Crippen molar-refractivity contribution in [3.63, 3.8) is 0 Å². The van der Waals surface area contributed by atoms with Crippen LogP contribution in [-0.4, -0.2) is 37.2 Å². The summed E-state index contributed by atoms with van der Waals surface area (Å²) in [7, 11) is 1.74. The lowest BCUT2D eigenvalue weighted by Crippen LogP contribution is -2.31. The lowest BCUT2D eigenvalue weighted by molar-refractivity contribution is -0.118. The Morgan fingerprint density at radius 2 is 1.97 bits per heavy atom. The summed E-state index contributed by atoms with van der Waals surface area (Å²) >= 11 is 0. The molecule has 0 aliphatic heterocycles. The van der Waals surface area contributed by atoms with Gasteiger partial charge in [0.15, 0.2) is 5.82 Å². The SMILES string of the molecule is Cc1ccc2c(c1)c1ncn(Cc3nc(C4CC4)no3)c(=O)c1n2CC(=O)N(C)c1ccccc1. The minimum atomic E-state index is -0.259. The number of rotatable bonds is 6. The molecule has 0 unspecified atom stereocenters. The average Bonchev–Trinajstić information content (AvgIpc) is 3.54. The van der Waals surface area contributed by atoms with Crippen LogP contribution in [0.5, 0.6) is 0 Å². The molecule has 1 aliphatic carbocycles. The summed E-state index contributed by atoms with van der Waals surface area (Å²) in [5.74, 6) is 1.29. The molecule has 9 heteroatoms. The van der Waals surface area contributed by atoms with E-state index in [2.05, 4.69) is 15.1 Å². The van der Waals surface area contributed by atoms with Crippen molar-refractivity contribution in [1.82, 2.24) is 24.3 Å². The summed E-state index contributed by atoms with van der Waals surface area (Å²) in [4.78, 5) is 37.6. The minimum absolute atomic E-state index is 0.00176. The maximum atomic E-state index is 13.7. The van der Waals surface area contributed by atoms with E-state index in [-0.39, 0.29) is 24.6 Å². The number of hydrogen-bond donors (Lipinski definition) is 0. The fourth-order valence-electron chi connectivity index (χ4n) is 4.41. The van der Waals surface area contributed by atoms with E-state index in [1.54, 1.807) is 16.5 Å². The first-order chi connectivity index (χ1) is 17.0. The van der Waals surface area contributed by atoms with Crippen molar-refractivity contribution < 1.29 is 9.32 Å². The minimum Gasteiger partial charge on any atom is -0.337 e. The van der Waals surface area contributed by atoms with Crippen molar-refractivity contribution in [3.8, 4) is 0 Å². The van der Waals surface area contributed by atoms with Crippen LogP contribution in [0.25, 0.3) is 21.9 Å². The van der Waals surface area contributed by atoms with Gasteiger partial charge in [0.1, 0.15) is 24.1 Å². The van der Waals surface area contributed by atoms with Gasteiger partial charge in [-0.15, -0.1) is 0 Å². The van der Waals surface area contributed by atoms with Crippen LogP contribution >= 0.6 is 0 Å². The molecule has 0 bridgehead atoms. The van der Waals surface area contributed by atoms with E-state index in [9.17, 15) is 9.59 Å². The predicted octanol–water partition coefficient (Wildman–Crippen LogP) is 3.63. The normalized spacial score (nSPS) is 13.5. The third kappa shape index (κ3) is 3.78. The zero-order valence-electron chi connectivity index (χ0n) is 19.5. The predicted molar refractivity (Wildman–Crippen MR) is 131 cm³/mol. The Kier molecular flexibility index (Phi) is 4.98. The Morgan fingerprint density at radius 1 is 1.17 bits per heavy atom. The van der Waals surface area contributed by atoms with Crippen molar-refractivity contribution in [2.75, 3.05) is 11.9 Å². The van der Waals surface area contributed by atoms with E-state index in [0.717, 1.165) is 35.0 Å². The van der Waals surface area contributed by atoms with Gasteiger partial charge < -0.3 is 14.0 Å². The van der Waals surface area contributed by atoms with E-state index in [4.69, 9.17) is 4.52 Å². The molecule has 1 amide bonds. The standard InChI is InChI=1S/C26H24N6O3/c1-16-8-11-20-19(12-16)23-24(32(20)14-22(33)30(2)18-6-4-3-5-7-18)26(34)31(15-27-23)13-21-28-25(29-35-21)17-9-10-17/h3-8,11-12,15,17H,9-10,13-14H2,1-2H3. The van der Waals surface area contributed by atoms with Gasteiger partial charge in [-0.05, 0) is 44.0 Å². The number of amides is 1. The second-order valence-corrected chi connectivity index (χ2v) is 9.09. The first-order valence-corrected chi connectivity index (χ1v) is 11.6. The highest BCUT2D eigenvalue weighted by Crippen LogP contribution is 2.38. The molecule has 3 aromatic heterocycles. The lowest BCUT2D eigenvalue weighted by atomic mass is 10.1. The van der Waals surface area contributed by atoms with Crippen molar-refractivity contribution in [2.45, 2.75) is 38.8 Å². The monoisotopic (exact) mass is 468 g/mol. The number of para-hydroxylation sites is 1. The summed E-state index contributed by atoms with van der Waals surface area (Å²) in [5.41, 5.74) is 3.32. The number of aryl methyl sites for hydroxylation is 1. The van der Waals surface area contributed by atoms with Crippen LogP contribution in [0.2, 0.25) is 0 Å². The molecule has 6 rings (SSSR count). The second kappa shape index (κ2) is 8.19. The van der Waals surface area contributed by atoms with Crippen molar-refractivity contribution in [1.29, 1.82) is 0 Å². The molecule has 176 valence electrons.